The number of carbonyl (C=O) groups is 3. The van der Waals surface area contributed by atoms with E-state index in [9.17, 15) is 14.4 Å². The van der Waals surface area contributed by atoms with Crippen molar-refractivity contribution in [3.05, 3.63) is 28.8 Å². The Labute approximate surface area is 152 Å². The second-order valence-electron chi connectivity index (χ2n) is 6.73. The molecule has 2 atom stereocenters. The van der Waals surface area contributed by atoms with E-state index in [-0.39, 0.29) is 42.6 Å². The van der Waals surface area contributed by atoms with Crippen molar-refractivity contribution in [2.45, 2.75) is 39.7 Å². The molecule has 3 amide bonds. The summed E-state index contributed by atoms with van der Waals surface area (Å²) in [6.07, 6.45) is 1.06. The molecule has 2 rings (SSSR count). The highest BCUT2D eigenvalue weighted by Crippen LogP contribution is 2.37. The van der Waals surface area contributed by atoms with Gasteiger partial charge in [-0.05, 0) is 44.4 Å². The van der Waals surface area contributed by atoms with Crippen molar-refractivity contribution in [2.24, 2.45) is 11.8 Å². The lowest BCUT2D eigenvalue weighted by atomic mass is 10.1. The topological polar surface area (TPSA) is 87.3 Å². The van der Waals surface area contributed by atoms with Gasteiger partial charge in [-0.1, -0.05) is 18.5 Å². The van der Waals surface area contributed by atoms with Gasteiger partial charge < -0.3 is 16.0 Å². The standard InChI is InChI=1S/C18H24ClN3O3/c1-10(2)21-17(24)12-4-5-14(19)15(9-12)22-16(23)6-7-20-18(25)13-8-11(13)3/h4-5,9-11,13H,6-8H2,1-3H3,(H,20,25)(H,21,24)(H,22,23)/t11-,13-/m1/s1. The molecular formula is C18H24ClN3O3. The van der Waals surface area contributed by atoms with Crippen LogP contribution < -0.4 is 16.0 Å². The van der Waals surface area contributed by atoms with Gasteiger partial charge in [0, 0.05) is 30.5 Å². The fraction of sp³-hybridized carbons (Fsp3) is 0.500. The molecule has 0 aliphatic heterocycles. The molecular weight excluding hydrogens is 342 g/mol. The molecule has 25 heavy (non-hydrogen) atoms. The van der Waals surface area contributed by atoms with Gasteiger partial charge in [0.05, 0.1) is 10.7 Å². The van der Waals surface area contributed by atoms with Gasteiger partial charge in [0.2, 0.25) is 11.8 Å². The van der Waals surface area contributed by atoms with Crippen LogP contribution in [-0.4, -0.2) is 30.3 Å². The zero-order chi connectivity index (χ0) is 18.6. The fourth-order valence-electron chi connectivity index (χ4n) is 2.44. The summed E-state index contributed by atoms with van der Waals surface area (Å²) in [4.78, 5) is 35.8. The SMILES string of the molecule is CC(C)NC(=O)c1ccc(Cl)c(NC(=O)CCNC(=O)[C@@H]2C[C@H]2C)c1. The molecule has 0 aromatic heterocycles. The van der Waals surface area contributed by atoms with E-state index >= 15 is 0 Å². The van der Waals surface area contributed by atoms with E-state index in [4.69, 9.17) is 11.6 Å². The van der Waals surface area contributed by atoms with Crippen molar-refractivity contribution in [3.63, 3.8) is 0 Å². The first kappa shape index (κ1) is 19.2. The number of rotatable bonds is 7. The van der Waals surface area contributed by atoms with E-state index in [0.717, 1.165) is 6.42 Å². The van der Waals surface area contributed by atoms with Gasteiger partial charge in [-0.15, -0.1) is 0 Å². The quantitative estimate of drug-likeness (QED) is 0.694. The maximum atomic E-state index is 12.0. The molecule has 1 aromatic carbocycles. The van der Waals surface area contributed by atoms with Crippen LogP contribution in [0.2, 0.25) is 5.02 Å². The third kappa shape index (κ3) is 5.74. The Morgan fingerprint density at radius 3 is 2.56 bits per heavy atom. The molecule has 0 unspecified atom stereocenters. The number of anilines is 1. The summed E-state index contributed by atoms with van der Waals surface area (Å²) in [5.74, 6) is 0.0344. The van der Waals surface area contributed by atoms with E-state index in [1.54, 1.807) is 18.2 Å². The van der Waals surface area contributed by atoms with Gasteiger partial charge in [-0.2, -0.15) is 0 Å². The lowest BCUT2D eigenvalue weighted by Crippen LogP contribution is -2.30. The minimum atomic E-state index is -0.271. The highest BCUT2D eigenvalue weighted by Gasteiger charge is 2.38. The van der Waals surface area contributed by atoms with Crippen molar-refractivity contribution < 1.29 is 14.4 Å². The van der Waals surface area contributed by atoms with Crippen LogP contribution in [0.15, 0.2) is 18.2 Å². The molecule has 1 aliphatic carbocycles. The van der Waals surface area contributed by atoms with Gasteiger partial charge in [0.15, 0.2) is 0 Å². The van der Waals surface area contributed by atoms with Gasteiger partial charge in [-0.25, -0.2) is 0 Å². The molecule has 1 aromatic rings. The van der Waals surface area contributed by atoms with E-state index < -0.39 is 0 Å². The number of nitrogens with one attached hydrogen (secondary N) is 3. The summed E-state index contributed by atoms with van der Waals surface area (Å²) in [7, 11) is 0. The van der Waals surface area contributed by atoms with Crippen LogP contribution in [0.25, 0.3) is 0 Å². The third-order valence-corrected chi connectivity index (χ3v) is 4.35. The smallest absolute Gasteiger partial charge is 0.251 e. The summed E-state index contributed by atoms with van der Waals surface area (Å²) >= 11 is 6.08. The largest absolute Gasteiger partial charge is 0.355 e. The van der Waals surface area contributed by atoms with Crippen LogP contribution in [-0.2, 0) is 9.59 Å². The molecule has 136 valence electrons. The Morgan fingerprint density at radius 1 is 1.28 bits per heavy atom. The normalized spacial score (nSPS) is 18.6. The van der Waals surface area contributed by atoms with Crippen LogP contribution in [0.4, 0.5) is 5.69 Å². The number of halogens is 1. The monoisotopic (exact) mass is 365 g/mol. The van der Waals surface area contributed by atoms with Gasteiger partial charge in [0.25, 0.3) is 5.91 Å². The Balaban J connectivity index is 1.86. The number of carbonyl (C=O) groups excluding carboxylic acids is 3. The second kappa shape index (κ2) is 8.34. The van der Waals surface area contributed by atoms with Crippen LogP contribution in [0.5, 0.6) is 0 Å². The zero-order valence-corrected chi connectivity index (χ0v) is 15.4. The van der Waals surface area contributed by atoms with E-state index in [2.05, 4.69) is 16.0 Å². The Morgan fingerprint density at radius 2 is 1.96 bits per heavy atom. The number of hydrogen-bond acceptors (Lipinski definition) is 3. The van der Waals surface area contributed by atoms with Crippen molar-refractivity contribution >= 4 is 35.0 Å². The number of benzene rings is 1. The first-order valence-electron chi connectivity index (χ1n) is 8.46. The van der Waals surface area contributed by atoms with Crippen LogP contribution >= 0.6 is 11.6 Å². The molecule has 0 saturated heterocycles. The van der Waals surface area contributed by atoms with Crippen molar-refractivity contribution in [3.8, 4) is 0 Å². The molecule has 0 spiro atoms. The van der Waals surface area contributed by atoms with E-state index in [1.165, 1.54) is 0 Å². The lowest BCUT2D eigenvalue weighted by Gasteiger charge is -2.12. The molecule has 0 radical (unpaired) electrons. The Kier molecular flexibility index (Phi) is 6.42. The van der Waals surface area contributed by atoms with E-state index in [0.29, 0.717) is 22.2 Å². The number of amides is 3. The Hall–Kier alpha value is -2.08. The first-order valence-corrected chi connectivity index (χ1v) is 8.83. The first-order chi connectivity index (χ1) is 11.8. The maximum Gasteiger partial charge on any atom is 0.251 e. The van der Waals surface area contributed by atoms with Crippen LogP contribution in [0.3, 0.4) is 0 Å². The fourth-order valence-corrected chi connectivity index (χ4v) is 2.60. The minimum absolute atomic E-state index is 0.00527. The van der Waals surface area contributed by atoms with Gasteiger partial charge in [-0.3, -0.25) is 14.4 Å². The van der Waals surface area contributed by atoms with E-state index in [1.807, 2.05) is 20.8 Å². The molecule has 3 N–H and O–H groups in total. The molecule has 7 heteroatoms. The lowest BCUT2D eigenvalue weighted by molar-refractivity contribution is -0.122. The molecule has 0 heterocycles. The predicted octanol–water partition coefficient (Wildman–Crippen LogP) is 2.58. The van der Waals surface area contributed by atoms with Crippen LogP contribution in [0, 0.1) is 11.8 Å². The molecule has 6 nitrogen and oxygen atoms in total. The van der Waals surface area contributed by atoms with Crippen molar-refractivity contribution in [2.75, 3.05) is 11.9 Å². The highest BCUT2D eigenvalue weighted by atomic mass is 35.5. The van der Waals surface area contributed by atoms with Crippen molar-refractivity contribution in [1.29, 1.82) is 0 Å². The van der Waals surface area contributed by atoms with Crippen molar-refractivity contribution in [1.82, 2.24) is 10.6 Å². The summed E-state index contributed by atoms with van der Waals surface area (Å²) in [5.41, 5.74) is 0.801. The number of hydrogen-bond donors (Lipinski definition) is 3. The summed E-state index contributed by atoms with van der Waals surface area (Å²) < 4.78 is 0. The van der Waals surface area contributed by atoms with Gasteiger partial charge >= 0.3 is 0 Å². The molecule has 1 fully saturated rings. The summed E-state index contributed by atoms with van der Waals surface area (Å²) in [6, 6.07) is 4.73. The Bertz CT molecular complexity index is 676. The average Bonchev–Trinajstić information content (AvgIpc) is 3.25. The molecule has 1 aliphatic rings. The molecule has 0 bridgehead atoms. The zero-order valence-electron chi connectivity index (χ0n) is 14.7. The highest BCUT2D eigenvalue weighted by molar-refractivity contribution is 6.33. The minimum Gasteiger partial charge on any atom is -0.355 e. The average molecular weight is 366 g/mol. The van der Waals surface area contributed by atoms with Crippen LogP contribution in [0.1, 0.15) is 44.0 Å². The maximum absolute atomic E-state index is 12.0. The molecule has 1 saturated carbocycles. The summed E-state index contributed by atoms with van der Waals surface area (Å²) in [6.45, 7) is 6.04. The predicted molar refractivity (Wildman–Crippen MR) is 97.6 cm³/mol. The second-order valence-corrected chi connectivity index (χ2v) is 7.14. The van der Waals surface area contributed by atoms with Gasteiger partial charge in [0.1, 0.15) is 0 Å². The summed E-state index contributed by atoms with van der Waals surface area (Å²) in [5, 5.41) is 8.58. The third-order valence-electron chi connectivity index (χ3n) is 4.02.